The number of nitrogen functional groups attached to an aromatic ring is 1. The number of aryl methyl sites for hydroxylation is 1. The van der Waals surface area contributed by atoms with E-state index in [-0.39, 0.29) is 11.6 Å². The number of hydrogen-bond acceptors (Lipinski definition) is 6. The Morgan fingerprint density at radius 1 is 1.29 bits per heavy atom. The molecule has 0 atom stereocenters. The first-order valence-corrected chi connectivity index (χ1v) is 7.04. The molecule has 5 nitrogen and oxygen atoms in total. The number of thiophene rings is 1. The van der Waals surface area contributed by atoms with E-state index in [2.05, 4.69) is 20.7 Å². The predicted molar refractivity (Wildman–Crippen MR) is 75.9 cm³/mol. The third-order valence-corrected chi connectivity index (χ3v) is 3.74. The van der Waals surface area contributed by atoms with E-state index in [0.29, 0.717) is 6.54 Å². The molecule has 0 radical (unpaired) electrons. The van der Waals surface area contributed by atoms with Crippen molar-refractivity contribution in [1.29, 1.82) is 0 Å². The van der Waals surface area contributed by atoms with Crippen LogP contribution in [-0.2, 0) is 19.1 Å². The zero-order chi connectivity index (χ0) is 15.5. The molecule has 9 heteroatoms. The Hall–Kier alpha value is -1.87. The van der Waals surface area contributed by atoms with Crippen molar-refractivity contribution in [3.8, 4) is 0 Å². The molecule has 2 aromatic rings. The second kappa shape index (κ2) is 6.27. The SMILES string of the molecule is CCc1ccsc1CNc1cc(NN)nc(C(F)(F)F)n1. The molecular weight excluding hydrogens is 303 g/mol. The quantitative estimate of drug-likeness (QED) is 0.584. The first-order chi connectivity index (χ1) is 9.94. The molecule has 2 rings (SSSR count). The van der Waals surface area contributed by atoms with Crippen LogP contribution in [0.4, 0.5) is 24.8 Å². The van der Waals surface area contributed by atoms with E-state index in [1.54, 1.807) is 11.3 Å². The highest BCUT2D eigenvalue weighted by molar-refractivity contribution is 7.10. The molecule has 0 aliphatic rings. The maximum atomic E-state index is 12.7. The fourth-order valence-electron chi connectivity index (χ4n) is 1.75. The maximum Gasteiger partial charge on any atom is 0.451 e. The van der Waals surface area contributed by atoms with Crippen LogP contribution in [0.3, 0.4) is 0 Å². The maximum absolute atomic E-state index is 12.7. The van der Waals surface area contributed by atoms with E-state index in [1.165, 1.54) is 6.07 Å². The number of anilines is 2. The van der Waals surface area contributed by atoms with Crippen molar-refractivity contribution in [3.05, 3.63) is 33.8 Å². The summed E-state index contributed by atoms with van der Waals surface area (Å²) in [6.07, 6.45) is -3.76. The van der Waals surface area contributed by atoms with Gasteiger partial charge in [-0.2, -0.15) is 13.2 Å². The summed E-state index contributed by atoms with van der Waals surface area (Å²) in [5.74, 6) is 3.87. The molecule has 0 amide bonds. The smallest absolute Gasteiger partial charge is 0.365 e. The van der Waals surface area contributed by atoms with Crippen LogP contribution in [-0.4, -0.2) is 9.97 Å². The lowest BCUT2D eigenvalue weighted by atomic mass is 10.2. The van der Waals surface area contributed by atoms with Gasteiger partial charge >= 0.3 is 6.18 Å². The van der Waals surface area contributed by atoms with Crippen molar-refractivity contribution >= 4 is 23.0 Å². The molecule has 0 saturated heterocycles. The molecular formula is C12H14F3N5S. The molecule has 2 aromatic heterocycles. The molecule has 0 aliphatic carbocycles. The average Bonchev–Trinajstić information content (AvgIpc) is 2.91. The number of hydrazine groups is 1. The topological polar surface area (TPSA) is 75.9 Å². The van der Waals surface area contributed by atoms with Crippen molar-refractivity contribution in [1.82, 2.24) is 9.97 Å². The van der Waals surface area contributed by atoms with Crippen LogP contribution in [0.25, 0.3) is 0 Å². The van der Waals surface area contributed by atoms with E-state index in [0.717, 1.165) is 16.9 Å². The second-order valence-electron chi connectivity index (χ2n) is 4.18. The van der Waals surface area contributed by atoms with Crippen molar-refractivity contribution < 1.29 is 13.2 Å². The number of nitrogens with zero attached hydrogens (tertiary/aromatic N) is 2. The van der Waals surface area contributed by atoms with Gasteiger partial charge in [-0.1, -0.05) is 6.92 Å². The Bertz CT molecular complexity index is 611. The Labute approximate surface area is 123 Å². The minimum absolute atomic E-state index is 0.0701. The lowest BCUT2D eigenvalue weighted by Crippen LogP contribution is -2.17. The summed E-state index contributed by atoms with van der Waals surface area (Å²) in [6, 6.07) is 3.32. The molecule has 4 N–H and O–H groups in total. The van der Waals surface area contributed by atoms with Crippen LogP contribution in [0.5, 0.6) is 0 Å². The first kappa shape index (κ1) is 15.5. The predicted octanol–water partition coefficient (Wildman–Crippen LogP) is 3.02. The van der Waals surface area contributed by atoms with Gasteiger partial charge in [0.1, 0.15) is 11.6 Å². The van der Waals surface area contributed by atoms with Crippen molar-refractivity contribution in [2.45, 2.75) is 26.1 Å². The van der Waals surface area contributed by atoms with Crippen molar-refractivity contribution in [2.75, 3.05) is 10.7 Å². The van der Waals surface area contributed by atoms with Gasteiger partial charge in [-0.3, -0.25) is 0 Å². The molecule has 0 bridgehead atoms. The summed E-state index contributed by atoms with van der Waals surface area (Å²) < 4.78 is 38.1. The summed E-state index contributed by atoms with van der Waals surface area (Å²) in [4.78, 5) is 7.82. The van der Waals surface area contributed by atoms with Crippen LogP contribution < -0.4 is 16.6 Å². The minimum Gasteiger partial charge on any atom is -0.365 e. The fraction of sp³-hybridized carbons (Fsp3) is 0.333. The Balaban J connectivity index is 2.19. The normalized spacial score (nSPS) is 11.5. The fourth-order valence-corrected chi connectivity index (χ4v) is 2.66. The number of aromatic nitrogens is 2. The van der Waals surface area contributed by atoms with Crippen LogP contribution in [0, 0.1) is 0 Å². The zero-order valence-electron chi connectivity index (χ0n) is 11.2. The van der Waals surface area contributed by atoms with Crippen molar-refractivity contribution in [3.63, 3.8) is 0 Å². The Morgan fingerprint density at radius 2 is 2.00 bits per heavy atom. The lowest BCUT2D eigenvalue weighted by molar-refractivity contribution is -0.144. The standard InChI is InChI=1S/C12H14F3N5S/c1-2-7-3-4-21-8(7)6-17-9-5-10(20-16)19-11(18-9)12(13,14)15/h3-5H,2,6,16H2,1H3,(H2,17,18,19,20). The number of halogens is 3. The third kappa shape index (κ3) is 3.82. The first-order valence-electron chi connectivity index (χ1n) is 6.16. The van der Waals surface area contributed by atoms with Crippen LogP contribution in [0.2, 0.25) is 0 Å². The minimum atomic E-state index is -4.62. The molecule has 0 fully saturated rings. The van der Waals surface area contributed by atoms with E-state index in [1.807, 2.05) is 18.4 Å². The second-order valence-corrected chi connectivity index (χ2v) is 5.18. The number of nitrogens with one attached hydrogen (secondary N) is 2. The summed E-state index contributed by atoms with van der Waals surface area (Å²) in [5.41, 5.74) is 3.27. The number of alkyl halides is 3. The van der Waals surface area contributed by atoms with Gasteiger partial charge in [0, 0.05) is 10.9 Å². The lowest BCUT2D eigenvalue weighted by Gasteiger charge is -2.11. The van der Waals surface area contributed by atoms with Gasteiger partial charge in [0.25, 0.3) is 0 Å². The van der Waals surface area contributed by atoms with Gasteiger partial charge in [0.05, 0.1) is 6.54 Å². The molecule has 21 heavy (non-hydrogen) atoms. The molecule has 0 unspecified atom stereocenters. The Morgan fingerprint density at radius 3 is 2.62 bits per heavy atom. The largest absolute Gasteiger partial charge is 0.451 e. The summed E-state index contributed by atoms with van der Waals surface area (Å²) in [6.45, 7) is 2.42. The molecule has 0 aliphatic heterocycles. The molecule has 2 heterocycles. The van der Waals surface area contributed by atoms with Crippen molar-refractivity contribution in [2.24, 2.45) is 5.84 Å². The van der Waals surface area contributed by atoms with E-state index in [9.17, 15) is 13.2 Å². The number of rotatable bonds is 5. The van der Waals surface area contributed by atoms with Crippen LogP contribution >= 0.6 is 11.3 Å². The zero-order valence-corrected chi connectivity index (χ0v) is 12.0. The highest BCUT2D eigenvalue weighted by Crippen LogP contribution is 2.28. The Kier molecular flexibility index (Phi) is 4.63. The average molecular weight is 317 g/mol. The highest BCUT2D eigenvalue weighted by Gasteiger charge is 2.35. The van der Waals surface area contributed by atoms with Gasteiger partial charge in [0.15, 0.2) is 0 Å². The van der Waals surface area contributed by atoms with Crippen LogP contribution in [0.1, 0.15) is 23.2 Å². The van der Waals surface area contributed by atoms with Gasteiger partial charge in [-0.05, 0) is 23.4 Å². The van der Waals surface area contributed by atoms with E-state index in [4.69, 9.17) is 5.84 Å². The van der Waals surface area contributed by atoms with Gasteiger partial charge in [-0.15, -0.1) is 11.3 Å². The molecule has 0 aromatic carbocycles. The number of hydrogen-bond donors (Lipinski definition) is 3. The van der Waals surface area contributed by atoms with Gasteiger partial charge < -0.3 is 10.7 Å². The summed E-state index contributed by atoms with van der Waals surface area (Å²) >= 11 is 1.54. The monoisotopic (exact) mass is 317 g/mol. The van der Waals surface area contributed by atoms with Gasteiger partial charge in [-0.25, -0.2) is 15.8 Å². The summed E-state index contributed by atoms with van der Waals surface area (Å²) in [7, 11) is 0. The van der Waals surface area contributed by atoms with Gasteiger partial charge in [0.2, 0.25) is 5.82 Å². The number of nitrogens with two attached hydrogens (primary N) is 1. The molecule has 0 saturated carbocycles. The molecule has 0 spiro atoms. The summed E-state index contributed by atoms with van der Waals surface area (Å²) in [5, 5.41) is 4.82. The highest BCUT2D eigenvalue weighted by atomic mass is 32.1. The molecule has 114 valence electrons. The third-order valence-electron chi connectivity index (χ3n) is 2.78. The van der Waals surface area contributed by atoms with E-state index >= 15 is 0 Å². The van der Waals surface area contributed by atoms with Crippen LogP contribution in [0.15, 0.2) is 17.5 Å². The van der Waals surface area contributed by atoms with E-state index < -0.39 is 12.0 Å².